The van der Waals surface area contributed by atoms with E-state index in [2.05, 4.69) is 18.9 Å². The van der Waals surface area contributed by atoms with Crippen molar-refractivity contribution in [3.05, 3.63) is 17.5 Å². The van der Waals surface area contributed by atoms with Crippen molar-refractivity contribution in [2.75, 3.05) is 7.05 Å². The molecule has 0 saturated carbocycles. The number of aromatic nitrogens is 2. The van der Waals surface area contributed by atoms with E-state index in [9.17, 15) is 14.7 Å². The highest BCUT2D eigenvalue weighted by atomic mass is 16.4. The van der Waals surface area contributed by atoms with E-state index >= 15 is 0 Å². The Morgan fingerprint density at radius 2 is 2.00 bits per heavy atom. The van der Waals surface area contributed by atoms with Crippen molar-refractivity contribution in [1.29, 1.82) is 0 Å². The van der Waals surface area contributed by atoms with Crippen LogP contribution in [-0.4, -0.2) is 44.3 Å². The zero-order valence-corrected chi connectivity index (χ0v) is 13.0. The molecule has 6 nitrogen and oxygen atoms in total. The van der Waals surface area contributed by atoms with Gasteiger partial charge in [-0.05, 0) is 26.7 Å². The molecule has 0 fully saturated rings. The van der Waals surface area contributed by atoms with Gasteiger partial charge in [-0.25, -0.2) is 4.79 Å². The first-order valence-electron chi connectivity index (χ1n) is 6.63. The number of carbonyl (C=O) groups is 2. The van der Waals surface area contributed by atoms with E-state index in [0.29, 0.717) is 11.5 Å². The van der Waals surface area contributed by atoms with Crippen LogP contribution < -0.4 is 0 Å². The Hall–Kier alpha value is -1.85. The number of carboxylic acid groups (broad SMARTS) is 1. The molecule has 1 aromatic rings. The van der Waals surface area contributed by atoms with Crippen LogP contribution in [0.5, 0.6) is 0 Å². The van der Waals surface area contributed by atoms with E-state index in [1.165, 1.54) is 32.0 Å². The average Bonchev–Trinajstić information content (AvgIpc) is 2.68. The second-order valence-electron chi connectivity index (χ2n) is 5.95. The van der Waals surface area contributed by atoms with E-state index in [0.717, 1.165) is 12.2 Å². The summed E-state index contributed by atoms with van der Waals surface area (Å²) in [6, 6.07) is 0. The fourth-order valence-electron chi connectivity index (χ4n) is 1.76. The molecule has 1 aromatic heterocycles. The monoisotopic (exact) mass is 281 g/mol. The van der Waals surface area contributed by atoms with Gasteiger partial charge in [0, 0.05) is 19.3 Å². The molecule has 0 aromatic carbocycles. The minimum absolute atomic E-state index is 0.329. The lowest BCUT2D eigenvalue weighted by Gasteiger charge is -2.31. The Bertz CT molecular complexity index is 518. The molecule has 0 atom stereocenters. The highest BCUT2D eigenvalue weighted by Crippen LogP contribution is 2.18. The lowest BCUT2D eigenvalue weighted by molar-refractivity contribution is -0.147. The molecule has 20 heavy (non-hydrogen) atoms. The first-order valence-corrected chi connectivity index (χ1v) is 6.63. The minimum atomic E-state index is -1.26. The summed E-state index contributed by atoms with van der Waals surface area (Å²) >= 11 is 0. The third-order valence-electron chi connectivity index (χ3n) is 3.54. The van der Waals surface area contributed by atoms with Crippen LogP contribution in [0.4, 0.5) is 0 Å². The summed E-state index contributed by atoms with van der Waals surface area (Å²) in [5.74, 6) is -0.949. The van der Waals surface area contributed by atoms with Gasteiger partial charge in [-0.15, -0.1) is 0 Å². The molecule has 0 aliphatic heterocycles. The van der Waals surface area contributed by atoms with Crippen LogP contribution in [0.15, 0.2) is 6.20 Å². The fourth-order valence-corrected chi connectivity index (χ4v) is 1.76. The molecule has 0 aliphatic rings. The first-order chi connectivity index (χ1) is 9.09. The first kappa shape index (κ1) is 16.2. The lowest BCUT2D eigenvalue weighted by Crippen LogP contribution is -2.50. The second-order valence-corrected chi connectivity index (χ2v) is 5.95. The van der Waals surface area contributed by atoms with E-state index in [-0.39, 0.29) is 5.91 Å². The summed E-state index contributed by atoms with van der Waals surface area (Å²) in [7, 11) is 1.50. The van der Waals surface area contributed by atoms with Gasteiger partial charge < -0.3 is 10.0 Å². The number of rotatable bonds is 5. The van der Waals surface area contributed by atoms with Gasteiger partial charge in [-0.3, -0.25) is 9.48 Å². The number of hydrogen-bond donors (Lipinski definition) is 1. The third kappa shape index (κ3) is 3.00. The van der Waals surface area contributed by atoms with E-state index in [4.69, 9.17) is 0 Å². The van der Waals surface area contributed by atoms with Gasteiger partial charge in [0.15, 0.2) is 0 Å². The van der Waals surface area contributed by atoms with Gasteiger partial charge in [0.2, 0.25) is 0 Å². The Labute approximate surface area is 119 Å². The molecular formula is C14H23N3O3. The van der Waals surface area contributed by atoms with Crippen LogP contribution in [0.2, 0.25) is 0 Å². The van der Waals surface area contributed by atoms with Crippen molar-refractivity contribution in [2.24, 2.45) is 5.92 Å². The standard InChI is InChI=1S/C14H23N3O3/c1-9(2)8-17-10(3)11(7-15-17)12(18)16(6)14(4,5)13(19)20/h7,9H,8H2,1-6H3,(H,19,20). The van der Waals surface area contributed by atoms with Gasteiger partial charge in [-0.2, -0.15) is 5.10 Å². The quantitative estimate of drug-likeness (QED) is 0.892. The predicted octanol–water partition coefficient (Wildman–Crippen LogP) is 1.78. The SMILES string of the molecule is Cc1c(C(=O)N(C)C(C)(C)C(=O)O)cnn1CC(C)C. The minimum Gasteiger partial charge on any atom is -0.480 e. The summed E-state index contributed by atoms with van der Waals surface area (Å²) in [5, 5.41) is 13.4. The number of nitrogens with zero attached hydrogens (tertiary/aromatic N) is 3. The number of likely N-dealkylation sites (N-methyl/N-ethyl adjacent to an activating group) is 1. The van der Waals surface area contributed by atoms with Gasteiger partial charge in [0.25, 0.3) is 5.91 Å². The van der Waals surface area contributed by atoms with Crippen molar-refractivity contribution in [3.63, 3.8) is 0 Å². The number of aliphatic carboxylic acids is 1. The molecule has 0 bridgehead atoms. The normalized spacial score (nSPS) is 11.8. The molecule has 0 radical (unpaired) electrons. The predicted molar refractivity (Wildman–Crippen MR) is 75.6 cm³/mol. The Morgan fingerprint density at radius 1 is 1.45 bits per heavy atom. The fraction of sp³-hybridized carbons (Fsp3) is 0.643. The maximum absolute atomic E-state index is 12.4. The van der Waals surface area contributed by atoms with Gasteiger partial charge in [0.05, 0.1) is 11.8 Å². The molecular weight excluding hydrogens is 258 g/mol. The third-order valence-corrected chi connectivity index (χ3v) is 3.54. The molecule has 0 saturated heterocycles. The van der Waals surface area contributed by atoms with Gasteiger partial charge in [0.1, 0.15) is 5.54 Å². The van der Waals surface area contributed by atoms with Crippen molar-refractivity contribution in [2.45, 2.75) is 46.7 Å². The molecule has 0 unspecified atom stereocenters. The van der Waals surface area contributed by atoms with E-state index in [1.54, 1.807) is 4.68 Å². The maximum atomic E-state index is 12.4. The molecule has 1 rings (SSSR count). The van der Waals surface area contributed by atoms with Gasteiger partial charge in [-0.1, -0.05) is 13.8 Å². The van der Waals surface area contributed by atoms with Crippen LogP contribution in [0, 0.1) is 12.8 Å². The van der Waals surface area contributed by atoms with Crippen LogP contribution in [0.25, 0.3) is 0 Å². The Balaban J connectivity index is 3.05. The van der Waals surface area contributed by atoms with E-state index < -0.39 is 11.5 Å². The second kappa shape index (κ2) is 5.64. The zero-order valence-electron chi connectivity index (χ0n) is 13.0. The van der Waals surface area contributed by atoms with Crippen LogP contribution in [-0.2, 0) is 11.3 Å². The van der Waals surface area contributed by atoms with Gasteiger partial charge >= 0.3 is 5.97 Å². The summed E-state index contributed by atoms with van der Waals surface area (Å²) in [4.78, 5) is 24.9. The van der Waals surface area contributed by atoms with Crippen LogP contribution in [0.3, 0.4) is 0 Å². The van der Waals surface area contributed by atoms with Crippen molar-refractivity contribution in [3.8, 4) is 0 Å². The highest BCUT2D eigenvalue weighted by Gasteiger charge is 2.36. The molecule has 1 amide bonds. The topological polar surface area (TPSA) is 75.4 Å². The number of carboxylic acids is 1. The Morgan fingerprint density at radius 3 is 2.45 bits per heavy atom. The molecule has 1 heterocycles. The lowest BCUT2D eigenvalue weighted by atomic mass is 10.0. The molecule has 0 spiro atoms. The molecule has 1 N–H and O–H groups in total. The molecule has 0 aliphatic carbocycles. The summed E-state index contributed by atoms with van der Waals surface area (Å²) in [5.41, 5.74) is -0.0526. The number of amides is 1. The largest absolute Gasteiger partial charge is 0.480 e. The summed E-state index contributed by atoms with van der Waals surface area (Å²) in [6.45, 7) is 9.70. The highest BCUT2D eigenvalue weighted by molar-refractivity contribution is 5.98. The van der Waals surface area contributed by atoms with Crippen molar-refractivity contribution in [1.82, 2.24) is 14.7 Å². The van der Waals surface area contributed by atoms with E-state index in [1.807, 2.05) is 6.92 Å². The zero-order chi connectivity index (χ0) is 15.7. The number of carbonyl (C=O) groups excluding carboxylic acids is 1. The molecule has 6 heteroatoms. The summed E-state index contributed by atoms with van der Waals surface area (Å²) in [6.07, 6.45) is 1.51. The Kier molecular flexibility index (Phi) is 4.57. The number of hydrogen-bond acceptors (Lipinski definition) is 3. The smallest absolute Gasteiger partial charge is 0.329 e. The van der Waals surface area contributed by atoms with Crippen LogP contribution >= 0.6 is 0 Å². The van der Waals surface area contributed by atoms with Crippen molar-refractivity contribution >= 4 is 11.9 Å². The summed E-state index contributed by atoms with van der Waals surface area (Å²) < 4.78 is 1.78. The maximum Gasteiger partial charge on any atom is 0.329 e. The average molecular weight is 281 g/mol. The van der Waals surface area contributed by atoms with Crippen molar-refractivity contribution < 1.29 is 14.7 Å². The molecule has 112 valence electrons. The van der Waals surface area contributed by atoms with Crippen LogP contribution in [0.1, 0.15) is 43.7 Å².